The minimum atomic E-state index is -1.90. The van der Waals surface area contributed by atoms with Gasteiger partial charge in [0.2, 0.25) is 6.29 Å². The van der Waals surface area contributed by atoms with Crippen LogP contribution in [0.3, 0.4) is 0 Å². The van der Waals surface area contributed by atoms with E-state index in [1.807, 2.05) is 0 Å². The standard InChI is InChI=1S/C24H35NO18/c26-5-10-13(28)16(31)18(33)22(40-10)38-7-12-15(30)21(43-23-19(34)17(32)14(29)11(6-27)41-23)20(35)24(42-12)39-9-3-1-8(2-4-9)25(36)37/h1-4,10-24,26-35H,5-7H2/t10-,11-,12-,13-,14-,15-,16+,17+,18-,19+,20-,21+,22-,23+,24-/m1/s1. The molecule has 4 rings (SSSR count). The number of benzene rings is 1. The maximum absolute atomic E-state index is 11.1. The van der Waals surface area contributed by atoms with E-state index in [-0.39, 0.29) is 11.4 Å². The smallest absolute Gasteiger partial charge is 0.269 e. The van der Waals surface area contributed by atoms with Crippen molar-refractivity contribution in [3.8, 4) is 5.75 Å². The summed E-state index contributed by atoms with van der Waals surface area (Å²) in [4.78, 5) is 10.3. The molecular formula is C24H35NO18. The second kappa shape index (κ2) is 14.3. The molecule has 15 atom stereocenters. The molecule has 0 bridgehead atoms. The summed E-state index contributed by atoms with van der Waals surface area (Å²) in [6.07, 6.45) is -25.4. The molecule has 3 heterocycles. The van der Waals surface area contributed by atoms with Crippen LogP contribution in [0.4, 0.5) is 5.69 Å². The Balaban J connectivity index is 1.54. The minimum Gasteiger partial charge on any atom is -0.462 e. The average molecular weight is 626 g/mol. The Labute approximate surface area is 242 Å². The molecule has 1 aromatic rings. The molecule has 0 unspecified atom stereocenters. The summed E-state index contributed by atoms with van der Waals surface area (Å²) in [5.41, 5.74) is -0.262. The second-order valence-electron chi connectivity index (χ2n) is 10.2. The van der Waals surface area contributed by atoms with Gasteiger partial charge < -0.3 is 79.5 Å². The zero-order valence-electron chi connectivity index (χ0n) is 22.3. The van der Waals surface area contributed by atoms with Gasteiger partial charge in [-0.05, 0) is 12.1 Å². The highest BCUT2D eigenvalue weighted by Gasteiger charge is 2.52. The van der Waals surface area contributed by atoms with Gasteiger partial charge in [-0.2, -0.15) is 0 Å². The Morgan fingerprint density at radius 2 is 1.16 bits per heavy atom. The monoisotopic (exact) mass is 625 g/mol. The highest BCUT2D eigenvalue weighted by molar-refractivity contribution is 5.36. The topological polar surface area (TPSA) is 301 Å². The van der Waals surface area contributed by atoms with Gasteiger partial charge >= 0.3 is 0 Å². The van der Waals surface area contributed by atoms with Crippen LogP contribution in [0.1, 0.15) is 0 Å². The Hall–Kier alpha value is -2.18. The summed E-state index contributed by atoms with van der Waals surface area (Å²) >= 11 is 0. The van der Waals surface area contributed by atoms with E-state index in [4.69, 9.17) is 28.4 Å². The molecule has 244 valence electrons. The first-order chi connectivity index (χ1) is 20.4. The lowest BCUT2D eigenvalue weighted by Crippen LogP contribution is -2.65. The fourth-order valence-electron chi connectivity index (χ4n) is 4.81. The molecule has 3 saturated heterocycles. The molecule has 19 nitrogen and oxygen atoms in total. The lowest BCUT2D eigenvalue weighted by atomic mass is 9.96. The number of ether oxygens (including phenoxy) is 6. The van der Waals surface area contributed by atoms with Gasteiger partial charge in [-0.3, -0.25) is 10.1 Å². The van der Waals surface area contributed by atoms with Gasteiger partial charge in [-0.15, -0.1) is 0 Å². The predicted octanol–water partition coefficient (Wildman–Crippen LogP) is -5.58. The Morgan fingerprint density at radius 3 is 1.70 bits per heavy atom. The van der Waals surface area contributed by atoms with Gasteiger partial charge in [-0.1, -0.05) is 0 Å². The van der Waals surface area contributed by atoms with E-state index in [0.29, 0.717) is 0 Å². The van der Waals surface area contributed by atoms with Gasteiger partial charge in [0.15, 0.2) is 12.6 Å². The third kappa shape index (κ3) is 7.22. The number of aliphatic hydroxyl groups is 10. The molecule has 19 heteroatoms. The van der Waals surface area contributed by atoms with Gasteiger partial charge in [0.25, 0.3) is 5.69 Å². The van der Waals surface area contributed by atoms with Gasteiger partial charge in [0.1, 0.15) is 79.0 Å². The first kappa shape index (κ1) is 33.7. The van der Waals surface area contributed by atoms with E-state index in [1.54, 1.807) is 0 Å². The van der Waals surface area contributed by atoms with Crippen molar-refractivity contribution in [1.82, 2.24) is 0 Å². The van der Waals surface area contributed by atoms with Crippen molar-refractivity contribution >= 4 is 5.69 Å². The van der Waals surface area contributed by atoms with Crippen molar-refractivity contribution in [2.75, 3.05) is 19.8 Å². The summed E-state index contributed by atoms with van der Waals surface area (Å²) in [5.74, 6) is -0.0220. The highest BCUT2D eigenvalue weighted by Crippen LogP contribution is 2.32. The molecule has 1 aromatic carbocycles. The molecule has 0 aliphatic carbocycles. The van der Waals surface area contributed by atoms with Crippen molar-refractivity contribution in [2.45, 2.75) is 92.1 Å². The van der Waals surface area contributed by atoms with Crippen molar-refractivity contribution in [3.63, 3.8) is 0 Å². The van der Waals surface area contributed by atoms with E-state index in [1.165, 1.54) is 12.1 Å². The summed E-state index contributed by atoms with van der Waals surface area (Å²) in [7, 11) is 0. The maximum atomic E-state index is 11.1. The molecule has 0 aromatic heterocycles. The van der Waals surface area contributed by atoms with Crippen LogP contribution in [0.15, 0.2) is 24.3 Å². The Morgan fingerprint density at radius 1 is 0.651 bits per heavy atom. The quantitative estimate of drug-likeness (QED) is 0.0856. The van der Waals surface area contributed by atoms with Gasteiger partial charge in [0.05, 0.1) is 24.7 Å². The number of nitro groups is 1. The zero-order chi connectivity index (χ0) is 31.6. The summed E-state index contributed by atoms with van der Waals surface area (Å²) in [6.45, 7) is -2.17. The van der Waals surface area contributed by atoms with Crippen molar-refractivity contribution in [1.29, 1.82) is 0 Å². The van der Waals surface area contributed by atoms with Crippen molar-refractivity contribution < 1.29 is 84.4 Å². The SMILES string of the molecule is O=[N+]([O-])c1ccc(O[C@@H]2O[C@H](CO[C@@H]3O[C@H](CO)[C@@H](O)[C@H](O)[C@H]3O)[C@@H](O)[C@H](O[C@@H]3O[C@H](CO)[C@@H](O)[C@H](O)[C@@H]3O)[C@H]2O)cc1. The average Bonchev–Trinajstić information content (AvgIpc) is 2.99. The summed E-state index contributed by atoms with van der Waals surface area (Å²) < 4.78 is 32.9. The molecule has 3 fully saturated rings. The number of hydrogen-bond donors (Lipinski definition) is 10. The molecule has 0 amide bonds. The van der Waals surface area contributed by atoms with E-state index in [9.17, 15) is 61.2 Å². The summed E-state index contributed by atoms with van der Waals surface area (Å²) in [5, 5.41) is 113. The number of rotatable bonds is 10. The fraction of sp³-hybridized carbons (Fsp3) is 0.750. The van der Waals surface area contributed by atoms with Crippen LogP contribution in [-0.4, -0.2) is 168 Å². The first-order valence-corrected chi connectivity index (χ1v) is 13.2. The van der Waals surface area contributed by atoms with E-state index >= 15 is 0 Å². The van der Waals surface area contributed by atoms with Crippen LogP contribution in [-0.2, 0) is 23.7 Å². The molecule has 0 saturated carbocycles. The van der Waals surface area contributed by atoms with E-state index < -0.39 is 117 Å². The van der Waals surface area contributed by atoms with Crippen LogP contribution < -0.4 is 4.74 Å². The van der Waals surface area contributed by atoms with Crippen LogP contribution >= 0.6 is 0 Å². The van der Waals surface area contributed by atoms with Crippen LogP contribution in [0.2, 0.25) is 0 Å². The molecule has 0 spiro atoms. The number of aliphatic hydroxyl groups excluding tert-OH is 10. The summed E-state index contributed by atoms with van der Waals surface area (Å²) in [6, 6.07) is 4.63. The van der Waals surface area contributed by atoms with E-state index in [2.05, 4.69) is 0 Å². The zero-order valence-corrected chi connectivity index (χ0v) is 22.3. The lowest BCUT2D eigenvalue weighted by Gasteiger charge is -2.46. The highest BCUT2D eigenvalue weighted by atomic mass is 16.7. The molecular weight excluding hydrogens is 590 g/mol. The van der Waals surface area contributed by atoms with Gasteiger partial charge in [-0.25, -0.2) is 0 Å². The van der Waals surface area contributed by atoms with Crippen LogP contribution in [0.5, 0.6) is 5.75 Å². The largest absolute Gasteiger partial charge is 0.462 e. The molecule has 3 aliphatic heterocycles. The molecule has 3 aliphatic rings. The third-order valence-corrected chi connectivity index (χ3v) is 7.35. The Bertz CT molecular complexity index is 1050. The van der Waals surface area contributed by atoms with Gasteiger partial charge in [0, 0.05) is 12.1 Å². The number of nitro benzene ring substituents is 1. The normalized spacial score (nSPS) is 43.7. The van der Waals surface area contributed by atoms with Crippen LogP contribution in [0, 0.1) is 10.1 Å². The fourth-order valence-corrected chi connectivity index (χ4v) is 4.81. The second-order valence-corrected chi connectivity index (χ2v) is 10.2. The van der Waals surface area contributed by atoms with Crippen molar-refractivity contribution in [2.24, 2.45) is 0 Å². The number of nitrogens with zero attached hydrogens (tertiary/aromatic N) is 1. The third-order valence-electron chi connectivity index (χ3n) is 7.35. The molecule has 43 heavy (non-hydrogen) atoms. The predicted molar refractivity (Wildman–Crippen MR) is 133 cm³/mol. The van der Waals surface area contributed by atoms with Crippen molar-refractivity contribution in [3.05, 3.63) is 34.4 Å². The maximum Gasteiger partial charge on any atom is 0.269 e. The Kier molecular flexibility index (Phi) is 11.2. The number of hydrogen-bond acceptors (Lipinski definition) is 18. The minimum absolute atomic E-state index is 0.0220. The van der Waals surface area contributed by atoms with E-state index in [0.717, 1.165) is 12.1 Å². The molecule has 10 N–H and O–H groups in total. The lowest BCUT2D eigenvalue weighted by molar-refractivity contribution is -0.384. The molecule has 0 radical (unpaired) electrons. The van der Waals surface area contributed by atoms with Crippen LogP contribution in [0.25, 0.3) is 0 Å². The number of non-ortho nitro benzene ring substituents is 1. The first-order valence-electron chi connectivity index (χ1n) is 13.2.